The van der Waals surface area contributed by atoms with Gasteiger partial charge in [0.2, 0.25) is 0 Å². The highest BCUT2D eigenvalue weighted by Gasteiger charge is 2.11. The molecule has 3 rings (SSSR count). The third-order valence-electron chi connectivity index (χ3n) is 3.99. The quantitative estimate of drug-likeness (QED) is 0.626. The van der Waals surface area contributed by atoms with Crippen molar-refractivity contribution in [2.75, 3.05) is 19.6 Å². The molecule has 0 atom stereocenters. The predicted molar refractivity (Wildman–Crippen MR) is 116 cm³/mol. The van der Waals surface area contributed by atoms with Gasteiger partial charge in [-0.3, -0.25) is 10.2 Å². The summed E-state index contributed by atoms with van der Waals surface area (Å²) in [6, 6.07) is 12.3. The number of aromatic nitrogens is 1. The molecule has 0 aliphatic carbocycles. The number of carbonyl (C=O) groups excluding carboxylic acids is 1. The van der Waals surface area contributed by atoms with Crippen molar-refractivity contribution < 1.29 is 14.3 Å². The molecule has 3 aromatic rings. The smallest absolute Gasteiger partial charge is 0.271 e. The monoisotopic (exact) mass is 432 g/mol. The summed E-state index contributed by atoms with van der Waals surface area (Å²) in [4.78, 5) is 12.5. The molecule has 0 saturated carbocycles. The van der Waals surface area contributed by atoms with Gasteiger partial charge in [0.15, 0.2) is 3.95 Å². The molecule has 8 heteroatoms. The van der Waals surface area contributed by atoms with E-state index in [2.05, 4.69) is 12.0 Å². The molecule has 0 radical (unpaired) electrons. The van der Waals surface area contributed by atoms with Crippen LogP contribution in [0.4, 0.5) is 0 Å². The van der Waals surface area contributed by atoms with Crippen LogP contribution in [0.5, 0.6) is 11.5 Å². The molecule has 0 aliphatic heterocycles. The zero-order valence-electron chi connectivity index (χ0n) is 15.2. The van der Waals surface area contributed by atoms with Gasteiger partial charge in [-0.1, -0.05) is 30.3 Å². The van der Waals surface area contributed by atoms with Gasteiger partial charge in [-0.2, -0.15) is 0 Å². The number of benzene rings is 2. The minimum atomic E-state index is -0.363. The van der Waals surface area contributed by atoms with E-state index in [1.165, 1.54) is 16.0 Å². The molecule has 0 fully saturated rings. The number of nitrogens with zero attached hydrogens (tertiary/aromatic N) is 1. The Morgan fingerprint density at radius 2 is 2.00 bits per heavy atom. The second-order valence-electron chi connectivity index (χ2n) is 5.69. The standard InChI is InChI=1S/C20H17ClN2O3S2/c1-12-18(10-13-8-9-14(25-2)11-17(13)26-3)28-20(27)23(12)22-19(24)15-6-4-5-7-16(15)21/h4-11H,1H2,2-3H3,(H,22,24)/b18-10-. The Bertz CT molecular complexity index is 1200. The highest BCUT2D eigenvalue weighted by atomic mass is 35.5. The molecule has 0 bridgehead atoms. The van der Waals surface area contributed by atoms with E-state index in [-0.39, 0.29) is 5.91 Å². The summed E-state index contributed by atoms with van der Waals surface area (Å²) in [6.07, 6.45) is 1.90. The fourth-order valence-electron chi connectivity index (χ4n) is 2.53. The lowest BCUT2D eigenvalue weighted by atomic mass is 10.2. The Kier molecular flexibility index (Phi) is 6.18. The zero-order chi connectivity index (χ0) is 20.3. The Hall–Kier alpha value is -2.61. The molecule has 2 aromatic carbocycles. The number of halogens is 1. The highest BCUT2D eigenvalue weighted by Crippen LogP contribution is 2.25. The third kappa shape index (κ3) is 4.11. The summed E-state index contributed by atoms with van der Waals surface area (Å²) >= 11 is 12.8. The van der Waals surface area contributed by atoms with Crippen molar-refractivity contribution in [3.8, 4) is 11.5 Å². The molecule has 1 heterocycles. The van der Waals surface area contributed by atoms with Gasteiger partial charge in [-0.05, 0) is 42.6 Å². The van der Waals surface area contributed by atoms with Gasteiger partial charge in [-0.15, -0.1) is 11.3 Å². The average molecular weight is 433 g/mol. The fraction of sp³-hybridized carbons (Fsp3) is 0.100. The van der Waals surface area contributed by atoms with Crippen molar-refractivity contribution in [3.63, 3.8) is 0 Å². The van der Waals surface area contributed by atoms with Crippen LogP contribution >= 0.6 is 35.2 Å². The number of thiazole rings is 1. The van der Waals surface area contributed by atoms with Gasteiger partial charge in [0.1, 0.15) is 11.5 Å². The van der Waals surface area contributed by atoms with Crippen LogP contribution in [0.15, 0.2) is 42.5 Å². The summed E-state index contributed by atoms with van der Waals surface area (Å²) < 4.78 is 13.4. The summed E-state index contributed by atoms with van der Waals surface area (Å²) in [5.74, 6) is 0.990. The molecule has 1 amide bonds. The second-order valence-corrected chi connectivity index (χ2v) is 7.77. The topological polar surface area (TPSA) is 52.5 Å². The molecule has 144 valence electrons. The lowest BCUT2D eigenvalue weighted by Gasteiger charge is -2.08. The van der Waals surface area contributed by atoms with Crippen LogP contribution in [0.2, 0.25) is 5.02 Å². The number of nitrogens with one attached hydrogen (secondary N) is 1. The van der Waals surface area contributed by atoms with Crippen molar-refractivity contribution in [1.82, 2.24) is 4.68 Å². The van der Waals surface area contributed by atoms with Crippen LogP contribution in [0, 0.1) is 3.95 Å². The van der Waals surface area contributed by atoms with Crippen molar-refractivity contribution in [1.29, 1.82) is 0 Å². The minimum absolute atomic E-state index is 0.360. The Balaban J connectivity index is 2.00. The van der Waals surface area contributed by atoms with Gasteiger partial charge < -0.3 is 9.47 Å². The average Bonchev–Trinajstić information content (AvgIpc) is 2.96. The Morgan fingerprint density at radius 1 is 1.25 bits per heavy atom. The lowest BCUT2D eigenvalue weighted by molar-refractivity contribution is 0.101. The molecule has 0 unspecified atom stereocenters. The van der Waals surface area contributed by atoms with Gasteiger partial charge >= 0.3 is 0 Å². The van der Waals surface area contributed by atoms with Gasteiger partial charge in [0.05, 0.1) is 34.7 Å². The molecule has 5 nitrogen and oxygen atoms in total. The number of methoxy groups -OCH3 is 2. The van der Waals surface area contributed by atoms with E-state index in [1.54, 1.807) is 44.6 Å². The van der Waals surface area contributed by atoms with Gasteiger partial charge in [0.25, 0.3) is 5.91 Å². The Labute approximate surface area is 176 Å². The summed E-state index contributed by atoms with van der Waals surface area (Å²) in [6.45, 7) is 4.06. The van der Waals surface area contributed by atoms with Crippen LogP contribution in [0.25, 0.3) is 12.7 Å². The molecule has 0 aliphatic rings. The maximum absolute atomic E-state index is 12.5. The van der Waals surface area contributed by atoms with Crippen molar-refractivity contribution >= 4 is 53.7 Å². The summed E-state index contributed by atoms with van der Waals surface area (Å²) in [5.41, 5.74) is 3.96. The van der Waals surface area contributed by atoms with E-state index in [9.17, 15) is 4.79 Å². The molecule has 0 spiro atoms. The number of hydrogen-bond donors (Lipinski definition) is 1. The molecule has 28 heavy (non-hydrogen) atoms. The second kappa shape index (κ2) is 8.60. The van der Waals surface area contributed by atoms with E-state index >= 15 is 0 Å². The summed E-state index contributed by atoms with van der Waals surface area (Å²) in [7, 11) is 3.19. The normalized spacial score (nSPS) is 11.3. The lowest BCUT2D eigenvalue weighted by Crippen LogP contribution is -2.36. The first-order chi connectivity index (χ1) is 13.4. The maximum atomic E-state index is 12.5. The number of ether oxygens (including phenoxy) is 2. The van der Waals surface area contributed by atoms with Crippen LogP contribution in [0.3, 0.4) is 0 Å². The molecule has 1 N–H and O–H groups in total. The number of rotatable bonds is 5. The highest BCUT2D eigenvalue weighted by molar-refractivity contribution is 7.73. The van der Waals surface area contributed by atoms with Gasteiger partial charge in [-0.25, -0.2) is 4.68 Å². The summed E-state index contributed by atoms with van der Waals surface area (Å²) in [5, 5.41) is 0.926. The number of hydrogen-bond acceptors (Lipinski definition) is 5. The largest absolute Gasteiger partial charge is 0.497 e. The first-order valence-electron chi connectivity index (χ1n) is 8.15. The van der Waals surface area contributed by atoms with E-state index in [4.69, 9.17) is 33.3 Å². The molecular weight excluding hydrogens is 416 g/mol. The van der Waals surface area contributed by atoms with Crippen LogP contribution in [-0.4, -0.2) is 24.8 Å². The van der Waals surface area contributed by atoms with E-state index in [0.717, 1.165) is 10.1 Å². The van der Waals surface area contributed by atoms with E-state index in [1.807, 2.05) is 18.2 Å². The van der Waals surface area contributed by atoms with Crippen molar-refractivity contribution in [2.45, 2.75) is 0 Å². The van der Waals surface area contributed by atoms with Gasteiger partial charge in [0, 0.05) is 11.6 Å². The van der Waals surface area contributed by atoms with Crippen molar-refractivity contribution in [3.05, 3.63) is 72.4 Å². The zero-order valence-corrected chi connectivity index (χ0v) is 17.6. The maximum Gasteiger partial charge on any atom is 0.271 e. The fourth-order valence-corrected chi connectivity index (χ4v) is 4.01. The number of amides is 1. The third-order valence-corrected chi connectivity index (χ3v) is 5.69. The first kappa shape index (κ1) is 20.1. The van der Waals surface area contributed by atoms with E-state index in [0.29, 0.717) is 31.4 Å². The van der Waals surface area contributed by atoms with Crippen LogP contribution in [-0.2, 0) is 0 Å². The SMILES string of the molecule is C=c1/c(=C/c2ccc(OC)cc2OC)sc(=S)n1NC(=O)c1ccccc1Cl. The molecule has 0 saturated heterocycles. The van der Waals surface area contributed by atoms with Crippen molar-refractivity contribution in [2.24, 2.45) is 0 Å². The molecular formula is C20H17ClN2O3S2. The van der Waals surface area contributed by atoms with Crippen LogP contribution in [0.1, 0.15) is 15.9 Å². The Morgan fingerprint density at radius 3 is 2.68 bits per heavy atom. The van der Waals surface area contributed by atoms with E-state index < -0.39 is 0 Å². The predicted octanol–water partition coefficient (Wildman–Crippen LogP) is 3.57. The first-order valence-corrected chi connectivity index (χ1v) is 9.75. The number of carbonyl (C=O) groups is 1. The minimum Gasteiger partial charge on any atom is -0.497 e. The van der Waals surface area contributed by atoms with Crippen LogP contribution < -0.4 is 24.8 Å². The molecule has 1 aromatic heterocycles.